The number of hydrogen-bond acceptors (Lipinski definition) is 4. The van der Waals surface area contributed by atoms with Gasteiger partial charge < -0.3 is 9.16 Å². The van der Waals surface area contributed by atoms with Gasteiger partial charge in [0.15, 0.2) is 11.5 Å². The fourth-order valence-corrected chi connectivity index (χ4v) is 10.1. The molecule has 0 aromatic heterocycles. The Morgan fingerprint density at radius 1 is 1.00 bits per heavy atom. The molecule has 0 N–H and O–H groups in total. The average Bonchev–Trinajstić information content (AvgIpc) is 2.54. The van der Waals surface area contributed by atoms with Crippen molar-refractivity contribution in [2.45, 2.75) is 71.0 Å². The molecule has 2 aliphatic carbocycles. The van der Waals surface area contributed by atoms with E-state index in [1.54, 1.807) is 0 Å². The van der Waals surface area contributed by atoms with E-state index in [-0.39, 0.29) is 29.2 Å². The molecule has 0 saturated heterocycles. The summed E-state index contributed by atoms with van der Waals surface area (Å²) < 4.78 is 11.9. The van der Waals surface area contributed by atoms with Crippen LogP contribution in [0.15, 0.2) is 23.7 Å². The minimum atomic E-state index is -2.05. The number of carbonyl (C=O) groups excluding carboxylic acids is 2. The largest absolute Gasteiger partial charge is 0.546 e. The Hall–Kier alpha value is -1.36. The number of ether oxygens (including phenoxy) is 1. The van der Waals surface area contributed by atoms with Crippen molar-refractivity contribution in [3.05, 3.63) is 23.7 Å². The van der Waals surface area contributed by atoms with E-state index < -0.39 is 8.32 Å². The summed E-state index contributed by atoms with van der Waals surface area (Å²) in [6.45, 7) is 13.5. The maximum atomic E-state index is 12.6. The third-order valence-electron chi connectivity index (χ3n) is 5.96. The summed E-state index contributed by atoms with van der Waals surface area (Å²) in [5.74, 6) is 0.428. The van der Waals surface area contributed by atoms with Crippen molar-refractivity contribution in [3.63, 3.8) is 0 Å². The van der Waals surface area contributed by atoms with Gasteiger partial charge in [0.2, 0.25) is 5.78 Å². The molecule has 0 spiro atoms. The van der Waals surface area contributed by atoms with Crippen molar-refractivity contribution in [2.75, 3.05) is 7.11 Å². The predicted octanol–water partition coefficient (Wildman–Crippen LogP) is 4.77. The van der Waals surface area contributed by atoms with Crippen LogP contribution < -0.4 is 0 Å². The van der Waals surface area contributed by atoms with Gasteiger partial charge in [-0.1, -0.05) is 41.5 Å². The van der Waals surface area contributed by atoms with Crippen molar-refractivity contribution < 1.29 is 18.8 Å². The summed E-state index contributed by atoms with van der Waals surface area (Å²) >= 11 is 0. The number of hydrogen-bond donors (Lipinski definition) is 0. The first-order chi connectivity index (χ1) is 11.6. The monoisotopic (exact) mass is 364 g/mol. The second kappa shape index (κ2) is 7.48. The molecule has 0 unspecified atom stereocenters. The van der Waals surface area contributed by atoms with Crippen molar-refractivity contribution in [3.8, 4) is 0 Å². The molecule has 0 aliphatic heterocycles. The average molecular weight is 365 g/mol. The van der Waals surface area contributed by atoms with E-state index in [9.17, 15) is 9.59 Å². The fraction of sp³-hybridized carbons (Fsp3) is 0.700. The first kappa shape index (κ1) is 20.0. The van der Waals surface area contributed by atoms with E-state index >= 15 is 0 Å². The molecule has 25 heavy (non-hydrogen) atoms. The molecular formula is C20H32O4Si. The van der Waals surface area contributed by atoms with E-state index in [1.165, 1.54) is 13.2 Å². The van der Waals surface area contributed by atoms with Gasteiger partial charge in [-0.05, 0) is 29.1 Å². The van der Waals surface area contributed by atoms with E-state index in [0.717, 1.165) is 5.76 Å². The zero-order valence-electron chi connectivity index (χ0n) is 16.6. The van der Waals surface area contributed by atoms with Crippen LogP contribution in [0.25, 0.3) is 0 Å². The van der Waals surface area contributed by atoms with Crippen molar-refractivity contribution in [1.29, 1.82) is 0 Å². The molecule has 0 fully saturated rings. The van der Waals surface area contributed by atoms with Crippen LogP contribution in [0.4, 0.5) is 0 Å². The van der Waals surface area contributed by atoms with Crippen molar-refractivity contribution in [1.82, 2.24) is 0 Å². The molecule has 0 saturated carbocycles. The second-order valence-electron chi connectivity index (χ2n) is 8.22. The zero-order chi connectivity index (χ0) is 18.9. The molecule has 0 bridgehead atoms. The van der Waals surface area contributed by atoms with Gasteiger partial charge in [-0.25, -0.2) is 0 Å². The number of Topliss-reactive ketones (excluding diaryl/α,β-unsaturated/α-hetero) is 1. The lowest BCUT2D eigenvalue weighted by Gasteiger charge is -2.44. The summed E-state index contributed by atoms with van der Waals surface area (Å²) in [4.78, 5) is 24.9. The molecule has 2 atom stereocenters. The minimum Gasteiger partial charge on any atom is -0.546 e. The quantitative estimate of drug-likeness (QED) is 0.637. The molecule has 2 rings (SSSR count). The standard InChI is InChI=1S/C20H32O4Si/c1-12(2)25(13(3)4,14(5)6)24-15-8-9-16-17(10-15)20(22)19(23-7)11-18(16)21/h8,11-14,16-17H,9-10H2,1-7H3/t16-,17+/m0/s1. The topological polar surface area (TPSA) is 52.6 Å². The van der Waals surface area contributed by atoms with Crippen LogP contribution in [0, 0.1) is 11.8 Å². The van der Waals surface area contributed by atoms with Crippen molar-refractivity contribution >= 4 is 19.9 Å². The molecule has 0 amide bonds. The zero-order valence-corrected chi connectivity index (χ0v) is 17.6. The number of carbonyl (C=O) groups is 2. The van der Waals surface area contributed by atoms with Gasteiger partial charge in [-0.3, -0.25) is 9.59 Å². The lowest BCUT2D eigenvalue weighted by molar-refractivity contribution is -0.132. The van der Waals surface area contributed by atoms with Gasteiger partial charge in [0.25, 0.3) is 8.32 Å². The van der Waals surface area contributed by atoms with Gasteiger partial charge in [-0.2, -0.15) is 0 Å². The van der Waals surface area contributed by atoms with Crippen LogP contribution >= 0.6 is 0 Å². The lowest BCUT2D eigenvalue weighted by atomic mass is 9.73. The Morgan fingerprint density at radius 3 is 2.04 bits per heavy atom. The van der Waals surface area contributed by atoms with Crippen LogP contribution in [0.5, 0.6) is 0 Å². The Bertz CT molecular complexity index is 579. The maximum Gasteiger partial charge on any atom is 0.258 e. The number of methoxy groups -OCH3 is 1. The molecule has 0 heterocycles. The smallest absolute Gasteiger partial charge is 0.258 e. The Morgan fingerprint density at radius 2 is 1.56 bits per heavy atom. The Kier molecular flexibility index (Phi) is 5.97. The van der Waals surface area contributed by atoms with Gasteiger partial charge in [0, 0.05) is 24.3 Å². The van der Waals surface area contributed by atoms with Gasteiger partial charge in [0.05, 0.1) is 12.9 Å². The van der Waals surface area contributed by atoms with E-state index in [4.69, 9.17) is 9.16 Å². The van der Waals surface area contributed by atoms with Gasteiger partial charge >= 0.3 is 0 Å². The van der Waals surface area contributed by atoms with Crippen LogP contribution in [-0.4, -0.2) is 27.0 Å². The molecule has 0 aromatic rings. The highest BCUT2D eigenvalue weighted by atomic mass is 28.4. The van der Waals surface area contributed by atoms with Crippen LogP contribution in [-0.2, 0) is 18.8 Å². The summed E-state index contributed by atoms with van der Waals surface area (Å²) in [7, 11) is -0.600. The number of fused-ring (bicyclic) bond motifs is 1. The van der Waals surface area contributed by atoms with Crippen molar-refractivity contribution in [2.24, 2.45) is 11.8 Å². The molecule has 4 nitrogen and oxygen atoms in total. The third-order valence-corrected chi connectivity index (χ3v) is 12.0. The van der Waals surface area contributed by atoms with E-state index in [0.29, 0.717) is 29.5 Å². The number of allylic oxidation sites excluding steroid dienone is 4. The highest BCUT2D eigenvalue weighted by molar-refractivity contribution is 6.77. The summed E-state index contributed by atoms with van der Waals surface area (Å²) in [6, 6.07) is 0. The van der Waals surface area contributed by atoms with E-state index in [2.05, 4.69) is 41.5 Å². The fourth-order valence-electron chi connectivity index (χ4n) is 4.77. The second-order valence-corrected chi connectivity index (χ2v) is 13.6. The number of rotatable bonds is 6. The first-order valence-corrected chi connectivity index (χ1v) is 11.5. The summed E-state index contributed by atoms with van der Waals surface area (Å²) in [5.41, 5.74) is 1.43. The lowest BCUT2D eigenvalue weighted by Crippen LogP contribution is -2.48. The Balaban J connectivity index is 2.29. The molecule has 140 valence electrons. The Labute approximate surface area is 152 Å². The molecule has 0 radical (unpaired) electrons. The first-order valence-electron chi connectivity index (χ1n) is 9.36. The van der Waals surface area contributed by atoms with Gasteiger partial charge in [0.1, 0.15) is 0 Å². The highest BCUT2D eigenvalue weighted by Crippen LogP contribution is 2.46. The number of ketones is 2. The normalized spacial score (nSPS) is 24.4. The third kappa shape index (κ3) is 3.48. The summed E-state index contributed by atoms with van der Waals surface area (Å²) in [5, 5.41) is 0. The van der Waals surface area contributed by atoms with Crippen LogP contribution in [0.2, 0.25) is 16.6 Å². The molecular weight excluding hydrogens is 332 g/mol. The van der Waals surface area contributed by atoms with Gasteiger partial charge in [-0.15, -0.1) is 0 Å². The van der Waals surface area contributed by atoms with Crippen LogP contribution in [0.3, 0.4) is 0 Å². The molecule has 2 aliphatic rings. The van der Waals surface area contributed by atoms with E-state index in [1.807, 2.05) is 6.08 Å². The summed E-state index contributed by atoms with van der Waals surface area (Å²) in [6.07, 6.45) is 4.50. The minimum absolute atomic E-state index is 0.00293. The predicted molar refractivity (Wildman–Crippen MR) is 102 cm³/mol. The SMILES string of the molecule is COC1=CC(=O)[C@H]2CC=C(O[Si](C(C)C)(C(C)C)C(C)C)C[C@H]2C1=O. The molecule has 0 aromatic carbocycles. The molecule has 5 heteroatoms. The maximum absolute atomic E-state index is 12.6. The highest BCUT2D eigenvalue weighted by Gasteiger charge is 2.49. The van der Waals surface area contributed by atoms with Crippen LogP contribution in [0.1, 0.15) is 54.4 Å².